The molecule has 5 heteroatoms. The fourth-order valence-corrected chi connectivity index (χ4v) is 2.79. The fourth-order valence-electron chi connectivity index (χ4n) is 1.31. The molecule has 0 aromatic carbocycles. The molecule has 0 aliphatic heterocycles. The summed E-state index contributed by atoms with van der Waals surface area (Å²) in [6, 6.07) is 4.14. The predicted molar refractivity (Wildman–Crippen MR) is 72.0 cm³/mol. The first-order valence-corrected chi connectivity index (χ1v) is 6.74. The molecule has 1 aromatic heterocycles. The first-order chi connectivity index (χ1) is 7.45. The van der Waals surface area contributed by atoms with Gasteiger partial charge in [0.15, 0.2) is 0 Å². The molecule has 16 heavy (non-hydrogen) atoms. The maximum Gasteiger partial charge on any atom is 0.233 e. The topological polar surface area (TPSA) is 41.1 Å². The van der Waals surface area contributed by atoms with E-state index in [4.69, 9.17) is 0 Å². The molecule has 0 aliphatic rings. The number of rotatable bonds is 5. The third-order valence-electron chi connectivity index (χ3n) is 2.31. The Morgan fingerprint density at radius 1 is 1.50 bits per heavy atom. The number of amides is 1. The van der Waals surface area contributed by atoms with Crippen LogP contribution in [0.3, 0.4) is 0 Å². The lowest BCUT2D eigenvalue weighted by molar-refractivity contribution is -0.120. The lowest BCUT2D eigenvalue weighted by atomic mass is 9.91. The maximum absolute atomic E-state index is 11.3. The van der Waals surface area contributed by atoms with Gasteiger partial charge in [-0.15, -0.1) is 11.3 Å². The van der Waals surface area contributed by atoms with Gasteiger partial charge in [-0.1, -0.05) is 13.8 Å². The molecule has 0 fully saturated rings. The lowest BCUT2D eigenvalue weighted by Gasteiger charge is -2.23. The van der Waals surface area contributed by atoms with Crippen molar-refractivity contribution >= 4 is 33.2 Å². The molecule has 1 heterocycles. The highest BCUT2D eigenvalue weighted by Gasteiger charge is 2.22. The molecule has 1 rings (SSSR count). The summed E-state index contributed by atoms with van der Waals surface area (Å²) in [6.45, 7) is 5.28. The van der Waals surface area contributed by atoms with Crippen molar-refractivity contribution in [3.05, 3.63) is 20.8 Å². The number of carbonyl (C=O) groups is 1. The third kappa shape index (κ3) is 3.88. The molecule has 1 aromatic rings. The smallest absolute Gasteiger partial charge is 0.233 e. The second-order valence-electron chi connectivity index (χ2n) is 4.29. The molecule has 0 saturated heterocycles. The van der Waals surface area contributed by atoms with Gasteiger partial charge in [-0.25, -0.2) is 0 Å². The van der Waals surface area contributed by atoms with Gasteiger partial charge in [0.1, 0.15) is 0 Å². The maximum atomic E-state index is 11.3. The van der Waals surface area contributed by atoms with E-state index in [-0.39, 0.29) is 11.3 Å². The molecule has 3 nitrogen and oxygen atoms in total. The molecule has 0 bridgehead atoms. The Bertz CT molecular complexity index is 363. The third-order valence-corrected chi connectivity index (χ3v) is 4.29. The summed E-state index contributed by atoms with van der Waals surface area (Å²) < 4.78 is 1.12. The van der Waals surface area contributed by atoms with Gasteiger partial charge in [0.2, 0.25) is 5.91 Å². The van der Waals surface area contributed by atoms with E-state index in [9.17, 15) is 4.79 Å². The first-order valence-electron chi connectivity index (χ1n) is 5.13. The molecule has 2 N–H and O–H groups in total. The molecule has 0 radical (unpaired) electrons. The Balaban J connectivity index is 2.55. The van der Waals surface area contributed by atoms with Crippen molar-refractivity contribution in [3.63, 3.8) is 0 Å². The molecular weight excluding hydrogens is 288 g/mol. The normalized spacial score (nSPS) is 11.5. The molecule has 0 atom stereocenters. The number of carbonyl (C=O) groups excluding carboxylic acids is 1. The van der Waals surface area contributed by atoms with E-state index in [0.29, 0.717) is 13.1 Å². The van der Waals surface area contributed by atoms with Crippen LogP contribution in [0.25, 0.3) is 0 Å². The van der Waals surface area contributed by atoms with E-state index in [1.807, 2.05) is 6.07 Å². The first kappa shape index (κ1) is 13.7. The van der Waals surface area contributed by atoms with Crippen molar-refractivity contribution in [1.29, 1.82) is 0 Å². The highest BCUT2D eigenvalue weighted by molar-refractivity contribution is 9.11. The van der Waals surface area contributed by atoms with Gasteiger partial charge >= 0.3 is 0 Å². The molecule has 0 unspecified atom stereocenters. The van der Waals surface area contributed by atoms with E-state index in [1.54, 1.807) is 18.4 Å². The zero-order valence-electron chi connectivity index (χ0n) is 9.76. The van der Waals surface area contributed by atoms with Crippen LogP contribution in [-0.2, 0) is 10.2 Å². The second-order valence-corrected chi connectivity index (χ2v) is 6.76. The summed E-state index contributed by atoms with van der Waals surface area (Å²) in [4.78, 5) is 12.6. The molecular formula is C11H17BrN2OS. The van der Waals surface area contributed by atoms with E-state index in [0.717, 1.165) is 3.79 Å². The summed E-state index contributed by atoms with van der Waals surface area (Å²) in [6.07, 6.45) is 0. The van der Waals surface area contributed by atoms with Crippen LogP contribution >= 0.6 is 27.3 Å². The van der Waals surface area contributed by atoms with Crippen molar-refractivity contribution in [2.24, 2.45) is 0 Å². The predicted octanol–water partition coefficient (Wildman–Crippen LogP) is 2.12. The molecule has 0 saturated carbocycles. The van der Waals surface area contributed by atoms with Crippen molar-refractivity contribution < 1.29 is 4.79 Å². The Hall–Kier alpha value is -0.390. The van der Waals surface area contributed by atoms with E-state index < -0.39 is 0 Å². The standard InChI is InChI=1S/C11H17BrN2OS/c1-11(2,7-14-10(15)6-13-3)8-4-5-9(12)16-8/h4-5,13H,6-7H2,1-3H3,(H,14,15). The Kier molecular flexibility index (Phi) is 4.95. The minimum atomic E-state index is -0.0277. The minimum Gasteiger partial charge on any atom is -0.354 e. The Morgan fingerprint density at radius 2 is 2.19 bits per heavy atom. The van der Waals surface area contributed by atoms with Crippen molar-refractivity contribution in [2.45, 2.75) is 19.3 Å². The summed E-state index contributed by atoms with van der Waals surface area (Å²) in [7, 11) is 1.76. The quantitative estimate of drug-likeness (QED) is 0.875. The van der Waals surface area contributed by atoms with E-state index in [1.165, 1.54) is 4.88 Å². The van der Waals surface area contributed by atoms with Crippen LogP contribution in [0.4, 0.5) is 0 Å². The van der Waals surface area contributed by atoms with Crippen molar-refractivity contribution in [2.75, 3.05) is 20.1 Å². The number of thiophene rings is 1. The Labute approximate surface area is 109 Å². The van der Waals surface area contributed by atoms with Gasteiger partial charge in [-0.3, -0.25) is 4.79 Å². The summed E-state index contributed by atoms with van der Waals surface area (Å²) in [5.74, 6) is 0.0335. The average Bonchev–Trinajstić information content (AvgIpc) is 2.63. The average molecular weight is 305 g/mol. The highest BCUT2D eigenvalue weighted by Crippen LogP contribution is 2.32. The van der Waals surface area contributed by atoms with Crippen LogP contribution in [0.1, 0.15) is 18.7 Å². The van der Waals surface area contributed by atoms with E-state index >= 15 is 0 Å². The monoisotopic (exact) mass is 304 g/mol. The molecule has 0 spiro atoms. The second kappa shape index (κ2) is 5.80. The van der Waals surface area contributed by atoms with Gasteiger partial charge in [-0.2, -0.15) is 0 Å². The molecule has 0 aliphatic carbocycles. The zero-order valence-corrected chi connectivity index (χ0v) is 12.2. The Morgan fingerprint density at radius 3 is 2.69 bits per heavy atom. The number of nitrogens with one attached hydrogen (secondary N) is 2. The molecule has 1 amide bonds. The number of hydrogen-bond donors (Lipinski definition) is 2. The minimum absolute atomic E-state index is 0.0277. The number of hydrogen-bond acceptors (Lipinski definition) is 3. The SMILES string of the molecule is CNCC(=O)NCC(C)(C)c1ccc(Br)s1. The van der Waals surface area contributed by atoms with Crippen molar-refractivity contribution in [3.8, 4) is 0 Å². The summed E-state index contributed by atoms with van der Waals surface area (Å²) in [5.41, 5.74) is -0.0277. The van der Waals surface area contributed by atoms with Gasteiger partial charge < -0.3 is 10.6 Å². The number of likely N-dealkylation sites (N-methyl/N-ethyl adjacent to an activating group) is 1. The van der Waals surface area contributed by atoms with Gasteiger partial charge in [0.25, 0.3) is 0 Å². The summed E-state index contributed by atoms with van der Waals surface area (Å²) >= 11 is 5.16. The van der Waals surface area contributed by atoms with Gasteiger partial charge in [-0.05, 0) is 35.1 Å². The van der Waals surface area contributed by atoms with Crippen LogP contribution in [-0.4, -0.2) is 26.0 Å². The van der Waals surface area contributed by atoms with Gasteiger partial charge in [0, 0.05) is 16.8 Å². The van der Waals surface area contributed by atoms with E-state index in [2.05, 4.69) is 46.5 Å². The molecule has 90 valence electrons. The summed E-state index contributed by atoms with van der Waals surface area (Å²) in [5, 5.41) is 5.75. The lowest BCUT2D eigenvalue weighted by Crippen LogP contribution is -2.39. The largest absolute Gasteiger partial charge is 0.354 e. The van der Waals surface area contributed by atoms with Crippen molar-refractivity contribution in [1.82, 2.24) is 10.6 Å². The van der Waals surface area contributed by atoms with Crippen LogP contribution in [0, 0.1) is 0 Å². The highest BCUT2D eigenvalue weighted by atomic mass is 79.9. The van der Waals surface area contributed by atoms with Crippen LogP contribution in [0.15, 0.2) is 15.9 Å². The zero-order chi connectivity index (χ0) is 12.2. The van der Waals surface area contributed by atoms with Gasteiger partial charge in [0.05, 0.1) is 10.3 Å². The van der Waals surface area contributed by atoms with Crippen LogP contribution in [0.5, 0.6) is 0 Å². The van der Waals surface area contributed by atoms with Crippen LogP contribution < -0.4 is 10.6 Å². The fraction of sp³-hybridized carbons (Fsp3) is 0.545. The number of halogens is 1. The van der Waals surface area contributed by atoms with Crippen LogP contribution in [0.2, 0.25) is 0 Å².